The molecule has 0 saturated heterocycles. The molecule has 1 heterocycles. The molecule has 0 aliphatic heterocycles. The van der Waals surface area contributed by atoms with E-state index in [2.05, 4.69) is 10.3 Å². The Balaban J connectivity index is 2.69. The second-order valence-electron chi connectivity index (χ2n) is 3.17. The summed E-state index contributed by atoms with van der Waals surface area (Å²) in [6, 6.07) is 1.84. The minimum absolute atomic E-state index is 0.0875. The molecule has 0 bridgehead atoms. The molecule has 1 atom stereocenters. The molecule has 1 rings (SSSR count). The van der Waals surface area contributed by atoms with Crippen LogP contribution in [-0.2, 0) is 4.79 Å². The van der Waals surface area contributed by atoms with E-state index in [-0.39, 0.29) is 11.5 Å². The van der Waals surface area contributed by atoms with E-state index in [0.717, 1.165) is 12.3 Å². The van der Waals surface area contributed by atoms with Crippen molar-refractivity contribution in [1.82, 2.24) is 10.3 Å². The quantitative estimate of drug-likeness (QED) is 0.807. The Hall–Kier alpha value is -1.78. The molecule has 0 spiro atoms. The van der Waals surface area contributed by atoms with Gasteiger partial charge in [-0.2, -0.15) is 0 Å². The number of carbonyl (C=O) groups excluding carboxylic acids is 2. The van der Waals surface area contributed by atoms with Crippen molar-refractivity contribution in [2.45, 2.75) is 19.9 Å². The van der Waals surface area contributed by atoms with E-state index in [1.807, 2.05) is 0 Å². The molecular formula is C10H11FN2O2. The molecule has 4 nitrogen and oxygen atoms in total. The molecule has 15 heavy (non-hydrogen) atoms. The number of Topliss-reactive ketones (excluding diaryl/α,β-unsaturated/α-hetero) is 1. The molecule has 1 N–H and O–H groups in total. The van der Waals surface area contributed by atoms with Crippen LogP contribution in [0.3, 0.4) is 0 Å². The minimum atomic E-state index is -0.565. The minimum Gasteiger partial charge on any atom is -0.341 e. The Morgan fingerprint density at radius 3 is 2.60 bits per heavy atom. The lowest BCUT2D eigenvalue weighted by Crippen LogP contribution is -2.37. The molecular weight excluding hydrogens is 199 g/mol. The molecule has 80 valence electrons. The van der Waals surface area contributed by atoms with Crippen LogP contribution >= 0.6 is 0 Å². The summed E-state index contributed by atoms with van der Waals surface area (Å²) in [5.74, 6) is -1.14. The zero-order valence-electron chi connectivity index (χ0n) is 8.45. The molecule has 0 aromatic carbocycles. The van der Waals surface area contributed by atoms with Crippen molar-refractivity contribution in [3.05, 3.63) is 29.8 Å². The Morgan fingerprint density at radius 1 is 1.47 bits per heavy atom. The van der Waals surface area contributed by atoms with Crippen molar-refractivity contribution in [3.63, 3.8) is 0 Å². The van der Waals surface area contributed by atoms with Crippen LogP contribution in [0.2, 0.25) is 0 Å². The summed E-state index contributed by atoms with van der Waals surface area (Å²) in [4.78, 5) is 25.9. The third-order valence-corrected chi connectivity index (χ3v) is 1.92. The normalized spacial score (nSPS) is 11.9. The van der Waals surface area contributed by atoms with Gasteiger partial charge in [-0.1, -0.05) is 0 Å². The van der Waals surface area contributed by atoms with Crippen LogP contribution < -0.4 is 5.32 Å². The van der Waals surface area contributed by atoms with Crippen LogP contribution in [0.25, 0.3) is 0 Å². The van der Waals surface area contributed by atoms with E-state index in [1.165, 1.54) is 13.0 Å². The van der Waals surface area contributed by atoms with Gasteiger partial charge >= 0.3 is 0 Å². The number of aromatic nitrogens is 1. The van der Waals surface area contributed by atoms with Gasteiger partial charge in [-0.25, -0.2) is 9.37 Å². The highest BCUT2D eigenvalue weighted by molar-refractivity contribution is 5.95. The van der Waals surface area contributed by atoms with Crippen LogP contribution in [0.15, 0.2) is 18.3 Å². The first-order valence-electron chi connectivity index (χ1n) is 4.43. The molecule has 0 saturated carbocycles. The highest BCUT2D eigenvalue weighted by atomic mass is 19.1. The highest BCUT2D eigenvalue weighted by Crippen LogP contribution is 1.98. The number of pyridine rings is 1. The van der Waals surface area contributed by atoms with E-state index < -0.39 is 17.8 Å². The summed E-state index contributed by atoms with van der Waals surface area (Å²) in [7, 11) is 0. The first kappa shape index (κ1) is 11.3. The van der Waals surface area contributed by atoms with E-state index in [0.29, 0.717) is 0 Å². The number of rotatable bonds is 3. The van der Waals surface area contributed by atoms with Crippen LogP contribution in [0.4, 0.5) is 4.39 Å². The number of nitrogens with one attached hydrogen (secondary N) is 1. The number of amides is 1. The van der Waals surface area contributed by atoms with Gasteiger partial charge in [0.25, 0.3) is 5.91 Å². The van der Waals surface area contributed by atoms with Crippen LogP contribution in [0.5, 0.6) is 0 Å². The molecule has 5 heteroatoms. The van der Waals surface area contributed by atoms with E-state index >= 15 is 0 Å². The summed E-state index contributed by atoms with van der Waals surface area (Å²) < 4.78 is 12.5. The molecule has 0 aliphatic rings. The fraction of sp³-hybridized carbons (Fsp3) is 0.300. The van der Waals surface area contributed by atoms with Crippen molar-refractivity contribution in [2.24, 2.45) is 0 Å². The molecule has 1 aromatic rings. The molecule has 0 radical (unpaired) electrons. The zero-order chi connectivity index (χ0) is 11.4. The van der Waals surface area contributed by atoms with Crippen molar-refractivity contribution < 1.29 is 14.0 Å². The van der Waals surface area contributed by atoms with E-state index in [1.54, 1.807) is 6.92 Å². The average Bonchev–Trinajstić information content (AvgIpc) is 2.18. The lowest BCUT2D eigenvalue weighted by atomic mass is 10.2. The monoisotopic (exact) mass is 210 g/mol. The first-order chi connectivity index (χ1) is 7.00. The summed E-state index contributed by atoms with van der Waals surface area (Å²) in [5.41, 5.74) is 0.0875. The van der Waals surface area contributed by atoms with Crippen molar-refractivity contribution in [3.8, 4) is 0 Å². The van der Waals surface area contributed by atoms with Crippen LogP contribution in [-0.4, -0.2) is 22.7 Å². The maximum absolute atomic E-state index is 12.5. The molecule has 1 unspecified atom stereocenters. The van der Waals surface area contributed by atoms with Gasteiger partial charge in [0.05, 0.1) is 12.2 Å². The Morgan fingerprint density at radius 2 is 2.13 bits per heavy atom. The summed E-state index contributed by atoms with van der Waals surface area (Å²) in [6.45, 7) is 2.95. The number of nitrogens with zero attached hydrogens (tertiary/aromatic N) is 1. The summed E-state index contributed by atoms with van der Waals surface area (Å²) >= 11 is 0. The maximum atomic E-state index is 12.5. The van der Waals surface area contributed by atoms with Gasteiger partial charge in [-0.3, -0.25) is 9.59 Å². The lowest BCUT2D eigenvalue weighted by Gasteiger charge is -2.09. The summed E-state index contributed by atoms with van der Waals surface area (Å²) in [6.07, 6.45) is 0.952. The van der Waals surface area contributed by atoms with Crippen molar-refractivity contribution >= 4 is 11.7 Å². The second kappa shape index (κ2) is 4.63. The molecule has 1 aromatic heterocycles. The van der Waals surface area contributed by atoms with Gasteiger partial charge < -0.3 is 5.32 Å². The fourth-order valence-corrected chi connectivity index (χ4v) is 0.882. The third kappa shape index (κ3) is 3.12. The molecule has 0 fully saturated rings. The second-order valence-corrected chi connectivity index (χ2v) is 3.17. The van der Waals surface area contributed by atoms with E-state index in [4.69, 9.17) is 0 Å². The Bertz CT molecular complexity index is 376. The van der Waals surface area contributed by atoms with Gasteiger partial charge in [0, 0.05) is 0 Å². The predicted octanol–water partition coefficient (Wildman–Crippen LogP) is 0.928. The van der Waals surface area contributed by atoms with E-state index in [9.17, 15) is 14.0 Å². The van der Waals surface area contributed by atoms with Gasteiger partial charge in [-0.05, 0) is 26.0 Å². The molecule has 0 aliphatic carbocycles. The maximum Gasteiger partial charge on any atom is 0.270 e. The van der Waals surface area contributed by atoms with Crippen LogP contribution in [0.1, 0.15) is 24.3 Å². The Kier molecular flexibility index (Phi) is 3.49. The number of carbonyl (C=O) groups is 2. The number of halogens is 1. The van der Waals surface area contributed by atoms with Gasteiger partial charge in [0.15, 0.2) is 5.78 Å². The number of hydrogen-bond acceptors (Lipinski definition) is 3. The largest absolute Gasteiger partial charge is 0.341 e. The number of hydrogen-bond donors (Lipinski definition) is 1. The average molecular weight is 210 g/mol. The smallest absolute Gasteiger partial charge is 0.270 e. The first-order valence-corrected chi connectivity index (χ1v) is 4.43. The van der Waals surface area contributed by atoms with Gasteiger partial charge in [0.2, 0.25) is 0 Å². The zero-order valence-corrected chi connectivity index (χ0v) is 8.45. The third-order valence-electron chi connectivity index (χ3n) is 1.92. The van der Waals surface area contributed by atoms with Gasteiger partial charge in [-0.15, -0.1) is 0 Å². The topological polar surface area (TPSA) is 59.1 Å². The van der Waals surface area contributed by atoms with Crippen molar-refractivity contribution in [2.75, 3.05) is 0 Å². The number of ketones is 1. The van der Waals surface area contributed by atoms with Crippen molar-refractivity contribution in [1.29, 1.82) is 0 Å². The van der Waals surface area contributed by atoms with Gasteiger partial charge in [0.1, 0.15) is 11.5 Å². The SMILES string of the molecule is CC(=O)C(C)NC(=O)c1ccc(F)cn1. The Labute approximate surface area is 86.5 Å². The molecule has 1 amide bonds. The fourth-order valence-electron chi connectivity index (χ4n) is 0.882. The predicted molar refractivity (Wildman–Crippen MR) is 51.8 cm³/mol. The highest BCUT2D eigenvalue weighted by Gasteiger charge is 2.13. The van der Waals surface area contributed by atoms with Crippen LogP contribution in [0, 0.1) is 5.82 Å². The lowest BCUT2D eigenvalue weighted by molar-refractivity contribution is -0.118. The standard InChI is InChI=1S/C10H11FN2O2/c1-6(7(2)14)13-10(15)9-4-3-8(11)5-12-9/h3-6H,1-2H3,(H,13,15). The summed E-state index contributed by atoms with van der Waals surface area (Å²) in [5, 5.41) is 2.44.